The predicted octanol–water partition coefficient (Wildman–Crippen LogP) is 0.137. The van der Waals surface area contributed by atoms with Gasteiger partial charge in [-0.25, -0.2) is 4.79 Å². The van der Waals surface area contributed by atoms with E-state index in [0.717, 1.165) is 6.42 Å². The van der Waals surface area contributed by atoms with Crippen LogP contribution in [0.2, 0.25) is 0 Å². The van der Waals surface area contributed by atoms with E-state index in [2.05, 4.69) is 21.3 Å². The van der Waals surface area contributed by atoms with E-state index in [1.807, 2.05) is 0 Å². The molecule has 1 aliphatic rings. The highest BCUT2D eigenvalue weighted by molar-refractivity contribution is 5.94. The third-order valence-corrected chi connectivity index (χ3v) is 6.44. The maximum Gasteiger partial charge on any atom is 0.326 e. The van der Waals surface area contributed by atoms with Crippen LogP contribution in [0.4, 0.5) is 0 Å². The molecule has 5 atom stereocenters. The number of amides is 3. The maximum absolute atomic E-state index is 13.4. The number of hydrogen-bond acceptors (Lipinski definition) is 7. The molecule has 204 valence electrons. The summed E-state index contributed by atoms with van der Waals surface area (Å²) in [6.07, 6.45) is 1.26. The minimum absolute atomic E-state index is 0.0494. The topological polar surface area (TPSA) is 194 Å². The largest absolute Gasteiger partial charge is 0.508 e. The number of nitrogens with one attached hydrogen (secondary N) is 4. The average molecular weight is 521 g/mol. The van der Waals surface area contributed by atoms with Crippen molar-refractivity contribution in [1.29, 1.82) is 0 Å². The fourth-order valence-electron chi connectivity index (χ4n) is 4.00. The summed E-state index contributed by atoms with van der Waals surface area (Å²) < 4.78 is 0. The highest BCUT2D eigenvalue weighted by atomic mass is 16.4. The smallest absolute Gasteiger partial charge is 0.326 e. The number of aromatic hydroxyl groups is 1. The van der Waals surface area contributed by atoms with Gasteiger partial charge in [-0.3, -0.25) is 19.2 Å². The molecule has 12 heteroatoms. The van der Waals surface area contributed by atoms with E-state index in [1.165, 1.54) is 12.1 Å². The lowest BCUT2D eigenvalue weighted by molar-refractivity contribution is -0.143. The van der Waals surface area contributed by atoms with E-state index in [-0.39, 0.29) is 30.4 Å². The Morgan fingerprint density at radius 2 is 1.68 bits per heavy atom. The van der Waals surface area contributed by atoms with Gasteiger partial charge in [0.05, 0.1) is 6.04 Å². The van der Waals surface area contributed by atoms with Crippen molar-refractivity contribution in [2.45, 2.75) is 76.5 Å². The van der Waals surface area contributed by atoms with Gasteiger partial charge in [-0.1, -0.05) is 32.4 Å². The van der Waals surface area contributed by atoms with E-state index in [1.54, 1.807) is 26.0 Å². The van der Waals surface area contributed by atoms with Crippen LogP contribution in [0.3, 0.4) is 0 Å². The molecule has 0 radical (unpaired) electrons. The number of hydrogen-bond donors (Lipinski definition) is 7. The van der Waals surface area contributed by atoms with Gasteiger partial charge in [0.25, 0.3) is 0 Å². The second-order valence-electron chi connectivity index (χ2n) is 9.28. The van der Waals surface area contributed by atoms with Crippen LogP contribution < -0.4 is 21.3 Å². The van der Waals surface area contributed by atoms with Crippen LogP contribution in [0.25, 0.3) is 0 Å². The molecule has 1 aromatic carbocycles. The van der Waals surface area contributed by atoms with E-state index >= 15 is 0 Å². The van der Waals surface area contributed by atoms with Gasteiger partial charge in [0.2, 0.25) is 17.7 Å². The molecule has 2 rings (SSSR count). The van der Waals surface area contributed by atoms with Crippen molar-refractivity contribution < 1.29 is 39.3 Å². The molecular weight excluding hydrogens is 484 g/mol. The summed E-state index contributed by atoms with van der Waals surface area (Å²) in [4.78, 5) is 61.6. The first-order valence-electron chi connectivity index (χ1n) is 12.4. The number of carboxylic acid groups (broad SMARTS) is 2. The molecule has 1 saturated heterocycles. The number of phenolic OH excluding ortho intramolecular Hbond substituents is 1. The Labute approximate surface area is 215 Å². The van der Waals surface area contributed by atoms with Gasteiger partial charge in [0.1, 0.15) is 23.9 Å². The molecule has 1 fully saturated rings. The molecule has 0 aromatic heterocycles. The minimum Gasteiger partial charge on any atom is -0.508 e. The second-order valence-corrected chi connectivity index (χ2v) is 9.28. The van der Waals surface area contributed by atoms with Gasteiger partial charge in [-0.15, -0.1) is 0 Å². The normalized spacial score (nSPS) is 18.2. The third-order valence-electron chi connectivity index (χ3n) is 6.44. The van der Waals surface area contributed by atoms with Crippen LogP contribution in [-0.2, 0) is 30.4 Å². The molecule has 3 amide bonds. The van der Waals surface area contributed by atoms with Gasteiger partial charge < -0.3 is 36.6 Å². The van der Waals surface area contributed by atoms with Gasteiger partial charge in [0.15, 0.2) is 0 Å². The number of rotatable bonds is 14. The van der Waals surface area contributed by atoms with Gasteiger partial charge in [-0.2, -0.15) is 0 Å². The van der Waals surface area contributed by atoms with E-state index in [0.29, 0.717) is 24.9 Å². The van der Waals surface area contributed by atoms with Crippen LogP contribution >= 0.6 is 0 Å². The molecule has 1 heterocycles. The average Bonchev–Trinajstić information content (AvgIpc) is 3.40. The first-order chi connectivity index (χ1) is 17.5. The molecule has 0 saturated carbocycles. The lowest BCUT2D eigenvalue weighted by Crippen LogP contribution is -2.59. The lowest BCUT2D eigenvalue weighted by atomic mass is 9.96. The quantitative estimate of drug-likeness (QED) is 0.178. The van der Waals surface area contributed by atoms with Crippen molar-refractivity contribution in [3.05, 3.63) is 29.8 Å². The molecule has 0 aliphatic carbocycles. The van der Waals surface area contributed by atoms with Crippen LogP contribution in [0.1, 0.15) is 51.5 Å². The van der Waals surface area contributed by atoms with Crippen LogP contribution in [0.15, 0.2) is 24.3 Å². The highest BCUT2D eigenvalue weighted by Gasteiger charge is 2.33. The standard InChI is InChI=1S/C25H36N4O8/c1-3-14(2)21(24(35)27-18(25(36)37)10-11-20(31)32)29-23(34)19(13-15-6-8-16(30)9-7-15)28-22(33)17-5-4-12-26-17/h6-9,14,17-19,21,26,30H,3-5,10-13H2,1-2H3,(H,27,35)(H,28,33)(H,29,34)(H,31,32)(H,36,37). The number of carbonyl (C=O) groups excluding carboxylic acids is 3. The summed E-state index contributed by atoms with van der Waals surface area (Å²) in [6, 6.07) is 2.13. The Morgan fingerprint density at radius 1 is 1.00 bits per heavy atom. The number of carbonyl (C=O) groups is 5. The van der Waals surface area contributed by atoms with E-state index in [4.69, 9.17) is 5.11 Å². The summed E-state index contributed by atoms with van der Waals surface area (Å²) in [5.74, 6) is -4.65. The maximum atomic E-state index is 13.4. The number of benzene rings is 1. The molecule has 37 heavy (non-hydrogen) atoms. The summed E-state index contributed by atoms with van der Waals surface area (Å²) in [5.41, 5.74) is 0.668. The Morgan fingerprint density at radius 3 is 2.22 bits per heavy atom. The first-order valence-corrected chi connectivity index (χ1v) is 12.4. The molecule has 1 aliphatic heterocycles. The fraction of sp³-hybridized carbons (Fsp3) is 0.560. The number of phenols is 1. The fourth-order valence-corrected chi connectivity index (χ4v) is 4.00. The predicted molar refractivity (Wildman–Crippen MR) is 133 cm³/mol. The van der Waals surface area contributed by atoms with Crippen molar-refractivity contribution in [2.75, 3.05) is 6.54 Å². The van der Waals surface area contributed by atoms with Crippen molar-refractivity contribution in [2.24, 2.45) is 5.92 Å². The minimum atomic E-state index is -1.44. The Kier molecular flexibility index (Phi) is 11.3. The third kappa shape index (κ3) is 9.37. The van der Waals surface area contributed by atoms with Crippen LogP contribution in [0, 0.1) is 5.92 Å². The Hall–Kier alpha value is -3.67. The van der Waals surface area contributed by atoms with Gasteiger partial charge in [0, 0.05) is 12.8 Å². The van der Waals surface area contributed by atoms with Crippen LogP contribution in [0.5, 0.6) is 5.75 Å². The molecular formula is C25H36N4O8. The van der Waals surface area contributed by atoms with Crippen molar-refractivity contribution in [3.63, 3.8) is 0 Å². The summed E-state index contributed by atoms with van der Waals surface area (Å²) in [7, 11) is 0. The van der Waals surface area contributed by atoms with Crippen molar-refractivity contribution in [1.82, 2.24) is 21.3 Å². The summed E-state index contributed by atoms with van der Waals surface area (Å²) in [5, 5.41) is 38.6. The Bertz CT molecular complexity index is 962. The molecule has 7 N–H and O–H groups in total. The number of carboxylic acids is 2. The molecule has 0 spiro atoms. The van der Waals surface area contributed by atoms with Crippen LogP contribution in [-0.4, -0.2) is 75.7 Å². The highest BCUT2D eigenvalue weighted by Crippen LogP contribution is 2.14. The second kappa shape index (κ2) is 14.2. The van der Waals surface area contributed by atoms with Crippen molar-refractivity contribution in [3.8, 4) is 5.75 Å². The molecule has 5 unspecified atom stereocenters. The monoisotopic (exact) mass is 520 g/mol. The van der Waals surface area contributed by atoms with Gasteiger partial charge in [-0.05, 0) is 49.4 Å². The zero-order valence-corrected chi connectivity index (χ0v) is 21.0. The number of aliphatic carboxylic acids is 2. The van der Waals surface area contributed by atoms with Gasteiger partial charge >= 0.3 is 11.9 Å². The SMILES string of the molecule is CCC(C)C(NC(=O)C(Cc1ccc(O)cc1)NC(=O)C1CCCN1)C(=O)NC(CCC(=O)O)C(=O)O. The molecule has 1 aromatic rings. The molecule has 12 nitrogen and oxygen atoms in total. The summed E-state index contributed by atoms with van der Waals surface area (Å²) in [6.45, 7) is 4.21. The first kappa shape index (κ1) is 29.6. The summed E-state index contributed by atoms with van der Waals surface area (Å²) >= 11 is 0. The zero-order valence-electron chi connectivity index (χ0n) is 21.0. The van der Waals surface area contributed by atoms with Crippen molar-refractivity contribution >= 4 is 29.7 Å². The molecule has 0 bridgehead atoms. The lowest BCUT2D eigenvalue weighted by Gasteiger charge is -2.28. The Balaban J connectivity index is 2.20. The zero-order chi connectivity index (χ0) is 27.5. The van der Waals surface area contributed by atoms with E-state index in [9.17, 15) is 34.2 Å². The van der Waals surface area contributed by atoms with E-state index < -0.39 is 54.3 Å².